The lowest BCUT2D eigenvalue weighted by molar-refractivity contribution is -0.134. The molecule has 3 atom stereocenters. The Morgan fingerprint density at radius 2 is 2.06 bits per heavy atom. The molecular formula is C22H31N3O6. The molecule has 1 fully saturated rings. The third kappa shape index (κ3) is 5.74. The number of amides is 3. The zero-order chi connectivity index (χ0) is 22.4. The molecule has 3 rings (SSSR count). The highest BCUT2D eigenvalue weighted by Gasteiger charge is 2.39. The van der Waals surface area contributed by atoms with Gasteiger partial charge in [-0.15, -0.1) is 0 Å². The van der Waals surface area contributed by atoms with Crippen molar-refractivity contribution >= 4 is 23.4 Å². The monoisotopic (exact) mass is 433 g/mol. The third-order valence-electron chi connectivity index (χ3n) is 5.66. The predicted molar refractivity (Wildman–Crippen MR) is 114 cm³/mol. The van der Waals surface area contributed by atoms with Crippen molar-refractivity contribution in [1.29, 1.82) is 0 Å². The van der Waals surface area contributed by atoms with Crippen LogP contribution in [-0.2, 0) is 19.1 Å². The van der Waals surface area contributed by atoms with Gasteiger partial charge in [-0.2, -0.15) is 0 Å². The van der Waals surface area contributed by atoms with E-state index in [0.717, 1.165) is 0 Å². The molecule has 9 nitrogen and oxygen atoms in total. The molecule has 3 amide bonds. The molecule has 170 valence electrons. The number of methoxy groups -OCH3 is 1. The summed E-state index contributed by atoms with van der Waals surface area (Å²) in [4.78, 5) is 38.7. The molecule has 1 saturated heterocycles. The summed E-state index contributed by atoms with van der Waals surface area (Å²) in [6, 6.07) is 4.91. The fraction of sp³-hybridized carbons (Fsp3) is 0.591. The minimum atomic E-state index is -0.327. The van der Waals surface area contributed by atoms with E-state index in [0.29, 0.717) is 49.4 Å². The van der Waals surface area contributed by atoms with E-state index in [1.54, 1.807) is 44.2 Å². The molecule has 0 saturated carbocycles. The molecule has 1 aromatic carbocycles. The molecule has 2 N–H and O–H groups in total. The molecule has 2 heterocycles. The normalized spacial score (nSPS) is 23.0. The van der Waals surface area contributed by atoms with Gasteiger partial charge in [0, 0.05) is 32.8 Å². The van der Waals surface area contributed by atoms with Crippen LogP contribution in [-0.4, -0.2) is 74.8 Å². The van der Waals surface area contributed by atoms with Crippen molar-refractivity contribution in [2.75, 3.05) is 39.2 Å². The standard InChI is InChI=1S/C22H31N3O6/c1-4-20(26)24-14-5-8-18-16(11-14)22(28)25(2)17-7-6-15(31-19(17)13-30-18)12-21(27)23-9-10-29-3/h5,8,11,15,17,19H,4,6-7,9-10,12-13H2,1-3H3,(H,23,27)(H,24,26)/t15-,17-,19+/m0/s1. The fourth-order valence-corrected chi connectivity index (χ4v) is 3.93. The fourth-order valence-electron chi connectivity index (χ4n) is 3.93. The molecule has 0 unspecified atom stereocenters. The van der Waals surface area contributed by atoms with Gasteiger partial charge in [0.15, 0.2) is 0 Å². The first-order valence-electron chi connectivity index (χ1n) is 10.7. The average Bonchev–Trinajstić information content (AvgIpc) is 2.76. The minimum absolute atomic E-state index is 0.0799. The summed E-state index contributed by atoms with van der Waals surface area (Å²) in [6.45, 7) is 2.97. The minimum Gasteiger partial charge on any atom is -0.490 e. The molecule has 2 aliphatic rings. The first kappa shape index (κ1) is 23.0. The van der Waals surface area contributed by atoms with Crippen molar-refractivity contribution in [1.82, 2.24) is 10.2 Å². The summed E-state index contributed by atoms with van der Waals surface area (Å²) in [5.41, 5.74) is 0.974. The van der Waals surface area contributed by atoms with Crippen molar-refractivity contribution in [2.24, 2.45) is 0 Å². The molecular weight excluding hydrogens is 402 g/mol. The van der Waals surface area contributed by atoms with Gasteiger partial charge >= 0.3 is 0 Å². The topological polar surface area (TPSA) is 106 Å². The van der Waals surface area contributed by atoms with E-state index in [2.05, 4.69) is 10.6 Å². The van der Waals surface area contributed by atoms with Crippen LogP contribution >= 0.6 is 0 Å². The number of carbonyl (C=O) groups is 3. The average molecular weight is 434 g/mol. The predicted octanol–water partition coefficient (Wildman–Crippen LogP) is 1.57. The van der Waals surface area contributed by atoms with Gasteiger partial charge in [-0.3, -0.25) is 14.4 Å². The summed E-state index contributed by atoms with van der Waals surface area (Å²) >= 11 is 0. The summed E-state index contributed by atoms with van der Waals surface area (Å²) < 4.78 is 17.0. The van der Waals surface area contributed by atoms with E-state index in [9.17, 15) is 14.4 Å². The Hall–Kier alpha value is -2.65. The van der Waals surface area contributed by atoms with E-state index < -0.39 is 0 Å². The largest absolute Gasteiger partial charge is 0.490 e. The zero-order valence-electron chi connectivity index (χ0n) is 18.3. The van der Waals surface area contributed by atoms with Gasteiger partial charge in [0.1, 0.15) is 18.5 Å². The summed E-state index contributed by atoms with van der Waals surface area (Å²) in [7, 11) is 3.34. The third-order valence-corrected chi connectivity index (χ3v) is 5.66. The van der Waals surface area contributed by atoms with Gasteiger partial charge in [-0.25, -0.2) is 0 Å². The van der Waals surface area contributed by atoms with Crippen LogP contribution in [0.5, 0.6) is 5.75 Å². The first-order valence-corrected chi connectivity index (χ1v) is 10.7. The second kappa shape index (κ2) is 10.6. The number of likely N-dealkylation sites (N-methyl/N-ethyl adjacent to an activating group) is 1. The van der Waals surface area contributed by atoms with Crippen LogP contribution in [0.2, 0.25) is 0 Å². The Bertz CT molecular complexity index is 814. The van der Waals surface area contributed by atoms with Crippen LogP contribution in [0.3, 0.4) is 0 Å². The number of nitrogens with zero attached hydrogens (tertiary/aromatic N) is 1. The Morgan fingerprint density at radius 1 is 1.26 bits per heavy atom. The van der Waals surface area contributed by atoms with Gasteiger partial charge in [-0.05, 0) is 31.0 Å². The maximum absolute atomic E-state index is 13.2. The molecule has 0 aliphatic carbocycles. The van der Waals surface area contributed by atoms with Gasteiger partial charge in [0.25, 0.3) is 5.91 Å². The number of carbonyl (C=O) groups excluding carboxylic acids is 3. The number of anilines is 1. The zero-order valence-corrected chi connectivity index (χ0v) is 18.3. The lowest BCUT2D eigenvalue weighted by Gasteiger charge is -2.42. The lowest BCUT2D eigenvalue weighted by atomic mass is 9.94. The Labute approximate surface area is 182 Å². The van der Waals surface area contributed by atoms with Crippen LogP contribution in [0.15, 0.2) is 18.2 Å². The van der Waals surface area contributed by atoms with Crippen molar-refractivity contribution in [3.05, 3.63) is 23.8 Å². The molecule has 0 bridgehead atoms. The van der Waals surface area contributed by atoms with Crippen LogP contribution < -0.4 is 15.4 Å². The van der Waals surface area contributed by atoms with E-state index in [1.165, 1.54) is 0 Å². The van der Waals surface area contributed by atoms with Crippen LogP contribution in [0.4, 0.5) is 5.69 Å². The van der Waals surface area contributed by atoms with Crippen LogP contribution in [0.1, 0.15) is 43.0 Å². The van der Waals surface area contributed by atoms with E-state index in [4.69, 9.17) is 14.2 Å². The van der Waals surface area contributed by atoms with Gasteiger partial charge < -0.3 is 29.7 Å². The lowest BCUT2D eigenvalue weighted by Crippen LogP contribution is -2.54. The van der Waals surface area contributed by atoms with Crippen molar-refractivity contribution < 1.29 is 28.6 Å². The molecule has 1 aromatic rings. The smallest absolute Gasteiger partial charge is 0.257 e. The SMILES string of the molecule is CCC(=O)Nc1ccc2c(c1)C(=O)N(C)[C@H]1CC[C@@H](CC(=O)NCCOC)O[C@@H]1CO2. The number of hydrogen-bond acceptors (Lipinski definition) is 6. The highest BCUT2D eigenvalue weighted by molar-refractivity contribution is 5.99. The number of fused-ring (bicyclic) bond motifs is 2. The maximum Gasteiger partial charge on any atom is 0.257 e. The Morgan fingerprint density at radius 3 is 2.81 bits per heavy atom. The van der Waals surface area contributed by atoms with Gasteiger partial charge in [-0.1, -0.05) is 6.92 Å². The van der Waals surface area contributed by atoms with Crippen molar-refractivity contribution in [3.8, 4) is 5.75 Å². The highest BCUT2D eigenvalue weighted by Crippen LogP contribution is 2.32. The van der Waals surface area contributed by atoms with E-state index >= 15 is 0 Å². The Kier molecular flexibility index (Phi) is 7.86. The number of rotatable bonds is 7. The highest BCUT2D eigenvalue weighted by atomic mass is 16.5. The second-order valence-electron chi connectivity index (χ2n) is 7.83. The number of benzene rings is 1. The van der Waals surface area contributed by atoms with Crippen molar-refractivity contribution in [3.63, 3.8) is 0 Å². The number of ether oxygens (including phenoxy) is 3. The first-order chi connectivity index (χ1) is 14.9. The summed E-state index contributed by atoms with van der Waals surface area (Å²) in [5, 5.41) is 5.58. The van der Waals surface area contributed by atoms with Crippen molar-refractivity contribution in [2.45, 2.75) is 50.9 Å². The second-order valence-corrected chi connectivity index (χ2v) is 7.83. The van der Waals surface area contributed by atoms with E-state index in [-0.39, 0.29) is 49.0 Å². The molecule has 2 aliphatic heterocycles. The maximum atomic E-state index is 13.2. The number of nitrogens with one attached hydrogen (secondary N) is 2. The van der Waals surface area contributed by atoms with Gasteiger partial charge in [0.05, 0.1) is 30.7 Å². The van der Waals surface area contributed by atoms with Crippen LogP contribution in [0, 0.1) is 0 Å². The molecule has 9 heteroatoms. The summed E-state index contributed by atoms with van der Waals surface area (Å²) in [5.74, 6) is 0.0683. The van der Waals surface area contributed by atoms with Crippen LogP contribution in [0.25, 0.3) is 0 Å². The molecule has 0 spiro atoms. The quantitative estimate of drug-likeness (QED) is 0.633. The molecule has 0 radical (unpaired) electrons. The molecule has 31 heavy (non-hydrogen) atoms. The Balaban J connectivity index is 1.68. The molecule has 0 aromatic heterocycles. The van der Waals surface area contributed by atoms with Gasteiger partial charge in [0.2, 0.25) is 11.8 Å². The number of hydrogen-bond donors (Lipinski definition) is 2. The van der Waals surface area contributed by atoms with E-state index in [1.807, 2.05) is 0 Å². The summed E-state index contributed by atoms with van der Waals surface area (Å²) in [6.07, 6.45) is 1.47.